The van der Waals surface area contributed by atoms with Gasteiger partial charge in [-0.25, -0.2) is 13.6 Å². The van der Waals surface area contributed by atoms with Gasteiger partial charge in [0.2, 0.25) is 15.9 Å². The van der Waals surface area contributed by atoms with E-state index in [2.05, 4.69) is 35.4 Å². The molecule has 0 aliphatic rings. The highest BCUT2D eigenvalue weighted by molar-refractivity contribution is 7.89. The smallest absolute Gasteiger partial charge is 0.238 e. The van der Waals surface area contributed by atoms with Crippen LogP contribution in [0.4, 0.5) is 5.69 Å². The number of methoxy groups -OCH3 is 2. The number of primary sulfonamides is 1. The normalized spacial score (nSPS) is 12.7. The highest BCUT2D eigenvalue weighted by Crippen LogP contribution is 2.32. The number of aromatic amines is 1. The van der Waals surface area contributed by atoms with Crippen LogP contribution < -0.4 is 19.9 Å². The lowest BCUT2D eigenvalue weighted by Crippen LogP contribution is -2.15. The van der Waals surface area contributed by atoms with Crippen molar-refractivity contribution >= 4 is 32.5 Å². The van der Waals surface area contributed by atoms with Crippen LogP contribution in [-0.2, 0) is 27.7 Å². The molecular formula is C33H40N4O5S. The second kappa shape index (κ2) is 13.9. The number of ether oxygens (including phenoxy) is 2. The zero-order chi connectivity index (χ0) is 31.1. The molecule has 1 heterocycles. The van der Waals surface area contributed by atoms with E-state index in [0.29, 0.717) is 46.3 Å². The van der Waals surface area contributed by atoms with Crippen molar-refractivity contribution in [1.82, 2.24) is 10.2 Å². The maximum Gasteiger partial charge on any atom is 0.238 e. The standard InChI is InChI=1S/C33H40N4O5S/c1-6-7-8-21(2)13-22(3)14-24-9-10-25(18-31(24)43(34,39)40)33-29-19-26(11-12-30(29)36-37-33)35-32(38)17-23-15-27(41-4)20-28(16-23)42-5/h9-13,15-16,18-21H,6-8,14,17H2,1-5H3,(H,35,38)(H,36,37)(H2,34,39,40). The van der Waals surface area contributed by atoms with Crippen LogP contribution in [0.2, 0.25) is 0 Å². The monoisotopic (exact) mass is 604 g/mol. The number of allylic oxidation sites excluding steroid dienone is 2. The third kappa shape index (κ3) is 8.24. The van der Waals surface area contributed by atoms with Gasteiger partial charge in [-0.3, -0.25) is 9.89 Å². The fraction of sp³-hybridized carbons (Fsp3) is 0.333. The van der Waals surface area contributed by atoms with E-state index in [9.17, 15) is 13.2 Å². The second-order valence-corrected chi connectivity index (χ2v) is 12.5. The Bertz CT molecular complexity index is 1720. The maximum absolute atomic E-state index is 12.9. The van der Waals surface area contributed by atoms with Gasteiger partial charge >= 0.3 is 0 Å². The molecule has 0 saturated carbocycles. The van der Waals surface area contributed by atoms with Gasteiger partial charge in [-0.1, -0.05) is 50.5 Å². The van der Waals surface area contributed by atoms with Crippen LogP contribution >= 0.6 is 0 Å². The summed E-state index contributed by atoms with van der Waals surface area (Å²) in [5, 5.41) is 16.8. The van der Waals surface area contributed by atoms with Crippen molar-refractivity contribution in [3.63, 3.8) is 0 Å². The van der Waals surface area contributed by atoms with Crippen molar-refractivity contribution < 1.29 is 22.7 Å². The Hall–Kier alpha value is -4.15. The van der Waals surface area contributed by atoms with Crippen molar-refractivity contribution in [3.05, 3.63) is 77.4 Å². The second-order valence-electron chi connectivity index (χ2n) is 11.0. The molecule has 0 fully saturated rings. The number of carbonyl (C=O) groups excluding carboxylic acids is 1. The van der Waals surface area contributed by atoms with E-state index in [-0.39, 0.29) is 17.2 Å². The molecule has 0 aliphatic carbocycles. The molecule has 10 heteroatoms. The Labute approximate surface area is 253 Å². The van der Waals surface area contributed by atoms with E-state index < -0.39 is 10.0 Å². The van der Waals surface area contributed by atoms with Crippen LogP contribution in [0.25, 0.3) is 22.2 Å². The van der Waals surface area contributed by atoms with Gasteiger partial charge in [-0.05, 0) is 73.2 Å². The van der Waals surface area contributed by atoms with Gasteiger partial charge < -0.3 is 14.8 Å². The lowest BCUT2D eigenvalue weighted by atomic mass is 9.97. The lowest BCUT2D eigenvalue weighted by Gasteiger charge is -2.12. The molecule has 3 aromatic carbocycles. The summed E-state index contributed by atoms with van der Waals surface area (Å²) in [7, 11) is -0.874. The van der Waals surface area contributed by atoms with E-state index >= 15 is 0 Å². The first-order valence-corrected chi connectivity index (χ1v) is 15.9. The van der Waals surface area contributed by atoms with E-state index in [1.165, 1.54) is 0 Å². The van der Waals surface area contributed by atoms with Crippen LogP contribution in [0.15, 0.2) is 71.1 Å². The predicted molar refractivity (Wildman–Crippen MR) is 171 cm³/mol. The minimum atomic E-state index is -3.99. The summed E-state index contributed by atoms with van der Waals surface area (Å²) in [6.45, 7) is 6.37. The molecule has 4 N–H and O–H groups in total. The summed E-state index contributed by atoms with van der Waals surface area (Å²) >= 11 is 0. The van der Waals surface area contributed by atoms with E-state index in [1.54, 1.807) is 50.6 Å². The zero-order valence-electron chi connectivity index (χ0n) is 25.4. The zero-order valence-corrected chi connectivity index (χ0v) is 26.2. The number of nitrogens with one attached hydrogen (secondary N) is 2. The Morgan fingerprint density at radius 3 is 2.42 bits per heavy atom. The highest BCUT2D eigenvalue weighted by Gasteiger charge is 2.19. The summed E-state index contributed by atoms with van der Waals surface area (Å²) in [6.07, 6.45) is 6.20. The van der Waals surface area contributed by atoms with E-state index in [0.717, 1.165) is 41.3 Å². The number of rotatable bonds is 13. The summed E-state index contributed by atoms with van der Waals surface area (Å²) < 4.78 is 35.9. The van der Waals surface area contributed by atoms with Gasteiger partial charge in [0.15, 0.2) is 0 Å². The van der Waals surface area contributed by atoms with Gasteiger partial charge in [0, 0.05) is 22.7 Å². The minimum absolute atomic E-state index is 0.0771. The molecular weight excluding hydrogens is 564 g/mol. The first-order valence-electron chi connectivity index (χ1n) is 14.3. The highest BCUT2D eigenvalue weighted by atomic mass is 32.2. The van der Waals surface area contributed by atoms with Crippen molar-refractivity contribution in [2.24, 2.45) is 11.1 Å². The Kier molecular flexibility index (Phi) is 10.3. The van der Waals surface area contributed by atoms with Crippen molar-refractivity contribution in [1.29, 1.82) is 0 Å². The van der Waals surface area contributed by atoms with Crippen LogP contribution in [0, 0.1) is 5.92 Å². The van der Waals surface area contributed by atoms with Crippen LogP contribution in [0.5, 0.6) is 11.5 Å². The number of sulfonamides is 1. The number of fused-ring (bicyclic) bond motifs is 1. The van der Waals surface area contributed by atoms with E-state index in [4.69, 9.17) is 14.6 Å². The van der Waals surface area contributed by atoms with Crippen molar-refractivity contribution in [2.45, 2.75) is 57.8 Å². The van der Waals surface area contributed by atoms with Gasteiger partial charge in [-0.2, -0.15) is 5.10 Å². The van der Waals surface area contributed by atoms with Gasteiger partial charge in [0.05, 0.1) is 31.1 Å². The number of hydrogen-bond donors (Lipinski definition) is 3. The quantitative estimate of drug-likeness (QED) is 0.151. The molecule has 0 bridgehead atoms. The number of hydrogen-bond acceptors (Lipinski definition) is 6. The van der Waals surface area contributed by atoms with E-state index in [1.807, 2.05) is 25.1 Å². The van der Waals surface area contributed by atoms with Crippen LogP contribution in [0.3, 0.4) is 0 Å². The number of carbonyl (C=O) groups is 1. The number of amides is 1. The maximum atomic E-state index is 12.9. The van der Waals surface area contributed by atoms with Gasteiger partial charge in [0.25, 0.3) is 0 Å². The third-order valence-corrected chi connectivity index (χ3v) is 8.31. The topological polar surface area (TPSA) is 136 Å². The summed E-state index contributed by atoms with van der Waals surface area (Å²) in [6, 6.07) is 16.0. The van der Waals surface area contributed by atoms with Crippen LogP contribution in [-0.4, -0.2) is 38.7 Å². The average molecular weight is 605 g/mol. The predicted octanol–water partition coefficient (Wildman–Crippen LogP) is 6.39. The summed E-state index contributed by atoms with van der Waals surface area (Å²) in [5.41, 5.74) is 4.96. The summed E-state index contributed by atoms with van der Waals surface area (Å²) in [4.78, 5) is 13.0. The molecule has 228 valence electrons. The average Bonchev–Trinajstić information content (AvgIpc) is 3.38. The number of anilines is 1. The molecule has 0 aliphatic heterocycles. The molecule has 4 rings (SSSR count). The summed E-state index contributed by atoms with van der Waals surface area (Å²) in [5.74, 6) is 1.40. The lowest BCUT2D eigenvalue weighted by molar-refractivity contribution is -0.115. The number of aromatic nitrogens is 2. The molecule has 1 amide bonds. The molecule has 43 heavy (non-hydrogen) atoms. The van der Waals surface area contributed by atoms with Gasteiger partial charge in [0.1, 0.15) is 17.2 Å². The minimum Gasteiger partial charge on any atom is -0.497 e. The SMILES string of the molecule is CCCCC(C)C=C(C)Cc1ccc(-c2n[nH]c3ccc(NC(=O)Cc4cc(OC)cc(OC)c4)cc23)cc1S(N)(=O)=O. The fourth-order valence-corrected chi connectivity index (χ4v) is 6.03. The molecule has 4 aromatic rings. The Morgan fingerprint density at radius 2 is 1.77 bits per heavy atom. The first-order chi connectivity index (χ1) is 20.5. The molecule has 1 unspecified atom stereocenters. The van der Waals surface area contributed by atoms with Crippen molar-refractivity contribution in [3.8, 4) is 22.8 Å². The molecule has 1 atom stereocenters. The third-order valence-electron chi connectivity index (χ3n) is 7.32. The number of H-pyrrole nitrogens is 1. The Morgan fingerprint density at radius 1 is 1.05 bits per heavy atom. The fourth-order valence-electron chi connectivity index (χ4n) is 5.24. The largest absolute Gasteiger partial charge is 0.497 e. The number of nitrogens with zero attached hydrogens (tertiary/aromatic N) is 1. The first kappa shape index (κ1) is 31.8. The number of nitrogens with two attached hydrogens (primary N) is 1. The van der Waals surface area contributed by atoms with Gasteiger partial charge in [-0.15, -0.1) is 0 Å². The molecule has 0 saturated heterocycles. The van der Waals surface area contributed by atoms with Crippen molar-refractivity contribution in [2.75, 3.05) is 19.5 Å². The molecule has 9 nitrogen and oxygen atoms in total. The molecule has 0 radical (unpaired) electrons. The number of unbranched alkanes of at least 4 members (excludes halogenated alkanes) is 1. The molecule has 0 spiro atoms. The molecule has 1 aromatic heterocycles. The number of benzene rings is 3. The van der Waals surface area contributed by atoms with Crippen LogP contribution in [0.1, 0.15) is 51.2 Å². The Balaban J connectivity index is 1.59.